The zero-order valence-electron chi connectivity index (χ0n) is 11.5. The third-order valence-corrected chi connectivity index (χ3v) is 2.84. The van der Waals surface area contributed by atoms with E-state index in [4.69, 9.17) is 10.2 Å². The molecule has 1 rings (SSSR count). The fourth-order valence-electron chi connectivity index (χ4n) is 1.99. The first-order valence-corrected chi connectivity index (χ1v) is 6.33. The number of carbonyl (C=O) groups excluding carboxylic acids is 1. The Morgan fingerprint density at radius 1 is 1.45 bits per heavy atom. The lowest BCUT2D eigenvalue weighted by Gasteiger charge is -2.31. The standard InChI is InChI=1S/C13H19F3N2O2/c1-3-6-12(2,17)11(19)18(9-13(14,15)16)8-10-5-4-7-20-10/h4-5,7H,3,6,8-9,17H2,1-2H3. The largest absolute Gasteiger partial charge is 0.467 e. The van der Waals surface area contributed by atoms with Gasteiger partial charge in [0.15, 0.2) is 0 Å². The first-order valence-electron chi connectivity index (χ1n) is 6.33. The smallest absolute Gasteiger partial charge is 0.406 e. The molecule has 1 atom stereocenters. The first-order chi connectivity index (χ1) is 9.15. The van der Waals surface area contributed by atoms with E-state index in [0.717, 1.165) is 0 Å². The quantitative estimate of drug-likeness (QED) is 0.877. The molecule has 1 aromatic heterocycles. The number of rotatable bonds is 6. The van der Waals surface area contributed by atoms with Gasteiger partial charge in [0.25, 0.3) is 0 Å². The van der Waals surface area contributed by atoms with Crippen LogP contribution in [-0.2, 0) is 11.3 Å². The monoisotopic (exact) mass is 292 g/mol. The Morgan fingerprint density at radius 2 is 2.10 bits per heavy atom. The summed E-state index contributed by atoms with van der Waals surface area (Å²) in [6, 6.07) is 3.07. The normalized spacial score (nSPS) is 14.9. The van der Waals surface area contributed by atoms with Crippen LogP contribution in [0.15, 0.2) is 22.8 Å². The van der Waals surface area contributed by atoms with E-state index in [1.165, 1.54) is 19.3 Å². The molecule has 1 unspecified atom stereocenters. The minimum absolute atomic E-state index is 0.248. The molecular formula is C13H19F3N2O2. The lowest BCUT2D eigenvalue weighted by Crippen LogP contribution is -2.54. The van der Waals surface area contributed by atoms with Crippen molar-refractivity contribution < 1.29 is 22.4 Å². The number of carbonyl (C=O) groups is 1. The summed E-state index contributed by atoms with van der Waals surface area (Å²) in [5.41, 5.74) is 4.52. The summed E-state index contributed by atoms with van der Waals surface area (Å²) < 4.78 is 42.8. The lowest BCUT2D eigenvalue weighted by molar-refractivity contribution is -0.166. The molecule has 0 saturated heterocycles. The summed E-state index contributed by atoms with van der Waals surface area (Å²) in [6.45, 7) is 1.67. The Labute approximate surface area is 115 Å². The third kappa shape index (κ3) is 4.88. The predicted octanol–water partition coefficient (Wildman–Crippen LogP) is 2.69. The topological polar surface area (TPSA) is 59.5 Å². The molecule has 1 amide bonds. The van der Waals surface area contributed by atoms with Gasteiger partial charge in [0.2, 0.25) is 5.91 Å². The van der Waals surface area contributed by atoms with Gasteiger partial charge in [0.1, 0.15) is 12.3 Å². The van der Waals surface area contributed by atoms with Crippen LogP contribution in [0.2, 0.25) is 0 Å². The van der Waals surface area contributed by atoms with Crippen molar-refractivity contribution >= 4 is 5.91 Å². The van der Waals surface area contributed by atoms with Gasteiger partial charge in [-0.1, -0.05) is 13.3 Å². The molecule has 0 aliphatic heterocycles. The van der Waals surface area contributed by atoms with Gasteiger partial charge in [-0.3, -0.25) is 4.79 Å². The van der Waals surface area contributed by atoms with Crippen molar-refractivity contribution in [1.82, 2.24) is 4.90 Å². The maximum atomic E-state index is 12.6. The van der Waals surface area contributed by atoms with E-state index in [-0.39, 0.29) is 12.3 Å². The highest BCUT2D eigenvalue weighted by Crippen LogP contribution is 2.22. The molecule has 0 aliphatic rings. The number of alkyl halides is 3. The van der Waals surface area contributed by atoms with Crippen molar-refractivity contribution in [3.63, 3.8) is 0 Å². The molecule has 2 N–H and O–H groups in total. The van der Waals surface area contributed by atoms with Crippen LogP contribution in [0.1, 0.15) is 32.4 Å². The van der Waals surface area contributed by atoms with E-state index in [1.807, 2.05) is 6.92 Å². The van der Waals surface area contributed by atoms with Crippen molar-refractivity contribution in [2.75, 3.05) is 6.54 Å². The van der Waals surface area contributed by atoms with Gasteiger partial charge >= 0.3 is 6.18 Å². The first kappa shape index (κ1) is 16.6. The Bertz CT molecular complexity index is 427. The summed E-state index contributed by atoms with van der Waals surface area (Å²) in [6.07, 6.45) is -2.21. The Morgan fingerprint density at radius 3 is 2.55 bits per heavy atom. The molecule has 0 aromatic carbocycles. The third-order valence-electron chi connectivity index (χ3n) is 2.84. The molecule has 114 valence electrons. The fourth-order valence-corrected chi connectivity index (χ4v) is 1.99. The summed E-state index contributed by atoms with van der Waals surface area (Å²) in [7, 11) is 0. The van der Waals surface area contributed by atoms with Crippen LogP contribution in [0.25, 0.3) is 0 Å². The summed E-state index contributed by atoms with van der Waals surface area (Å²) >= 11 is 0. The molecule has 1 aromatic rings. The second-order valence-electron chi connectivity index (χ2n) is 5.02. The summed E-state index contributed by atoms with van der Waals surface area (Å²) in [5.74, 6) is -0.442. The molecule has 0 spiro atoms. The van der Waals surface area contributed by atoms with E-state index in [0.29, 0.717) is 17.7 Å². The molecule has 7 heteroatoms. The maximum absolute atomic E-state index is 12.6. The van der Waals surface area contributed by atoms with E-state index < -0.39 is 24.2 Å². The Kier molecular flexibility index (Phi) is 5.21. The van der Waals surface area contributed by atoms with Crippen LogP contribution < -0.4 is 5.73 Å². The molecular weight excluding hydrogens is 273 g/mol. The van der Waals surface area contributed by atoms with Crippen molar-refractivity contribution in [1.29, 1.82) is 0 Å². The van der Waals surface area contributed by atoms with Gasteiger partial charge in [-0.2, -0.15) is 13.2 Å². The predicted molar refractivity (Wildman–Crippen MR) is 67.7 cm³/mol. The van der Waals surface area contributed by atoms with Crippen LogP contribution >= 0.6 is 0 Å². The second kappa shape index (κ2) is 6.30. The molecule has 4 nitrogen and oxygen atoms in total. The molecule has 20 heavy (non-hydrogen) atoms. The number of hydrogen-bond acceptors (Lipinski definition) is 3. The molecule has 0 fully saturated rings. The fraction of sp³-hybridized carbons (Fsp3) is 0.615. The lowest BCUT2D eigenvalue weighted by atomic mass is 9.95. The highest BCUT2D eigenvalue weighted by atomic mass is 19.4. The molecule has 0 bridgehead atoms. The van der Waals surface area contributed by atoms with E-state index in [2.05, 4.69) is 0 Å². The highest BCUT2D eigenvalue weighted by Gasteiger charge is 2.38. The molecule has 0 radical (unpaired) electrons. The van der Waals surface area contributed by atoms with Crippen molar-refractivity contribution in [2.24, 2.45) is 5.73 Å². The van der Waals surface area contributed by atoms with Crippen LogP contribution in [0, 0.1) is 0 Å². The second-order valence-corrected chi connectivity index (χ2v) is 5.02. The van der Waals surface area contributed by atoms with Crippen LogP contribution in [0.4, 0.5) is 13.2 Å². The highest BCUT2D eigenvalue weighted by molar-refractivity contribution is 5.85. The number of halogens is 3. The molecule has 1 heterocycles. The van der Waals surface area contributed by atoms with Crippen LogP contribution in [0.5, 0.6) is 0 Å². The van der Waals surface area contributed by atoms with E-state index in [9.17, 15) is 18.0 Å². The van der Waals surface area contributed by atoms with Gasteiger partial charge in [0, 0.05) is 0 Å². The average molecular weight is 292 g/mol. The van der Waals surface area contributed by atoms with Gasteiger partial charge in [-0.15, -0.1) is 0 Å². The minimum Gasteiger partial charge on any atom is -0.467 e. The van der Waals surface area contributed by atoms with Gasteiger partial charge < -0.3 is 15.1 Å². The van der Waals surface area contributed by atoms with Crippen LogP contribution in [-0.4, -0.2) is 29.1 Å². The average Bonchev–Trinajstić information content (AvgIpc) is 2.78. The van der Waals surface area contributed by atoms with Crippen molar-refractivity contribution in [3.05, 3.63) is 24.2 Å². The summed E-state index contributed by atoms with van der Waals surface area (Å²) in [4.78, 5) is 12.9. The minimum atomic E-state index is -4.48. The summed E-state index contributed by atoms with van der Waals surface area (Å²) in [5, 5.41) is 0. The van der Waals surface area contributed by atoms with Crippen molar-refractivity contribution in [3.8, 4) is 0 Å². The van der Waals surface area contributed by atoms with Gasteiger partial charge in [-0.05, 0) is 25.5 Å². The number of hydrogen-bond donors (Lipinski definition) is 1. The zero-order chi connectivity index (χ0) is 15.4. The van der Waals surface area contributed by atoms with E-state index >= 15 is 0 Å². The van der Waals surface area contributed by atoms with Gasteiger partial charge in [0.05, 0.1) is 18.3 Å². The zero-order valence-corrected chi connectivity index (χ0v) is 11.5. The Balaban J connectivity index is 2.89. The van der Waals surface area contributed by atoms with Crippen molar-refractivity contribution in [2.45, 2.75) is 44.9 Å². The van der Waals surface area contributed by atoms with Crippen LogP contribution in [0.3, 0.4) is 0 Å². The number of nitrogens with zero attached hydrogens (tertiary/aromatic N) is 1. The molecule has 0 saturated carbocycles. The Hall–Kier alpha value is -1.50. The number of amides is 1. The molecule has 0 aliphatic carbocycles. The SMILES string of the molecule is CCCC(C)(N)C(=O)N(Cc1ccco1)CC(F)(F)F. The number of furan rings is 1. The van der Waals surface area contributed by atoms with Gasteiger partial charge in [-0.25, -0.2) is 0 Å². The van der Waals surface area contributed by atoms with E-state index in [1.54, 1.807) is 6.07 Å². The number of nitrogens with two attached hydrogens (primary N) is 1. The maximum Gasteiger partial charge on any atom is 0.406 e.